The summed E-state index contributed by atoms with van der Waals surface area (Å²) >= 11 is 1.90. The van der Waals surface area contributed by atoms with E-state index in [4.69, 9.17) is 5.11 Å². The number of rotatable bonds is 8. The van der Waals surface area contributed by atoms with Gasteiger partial charge in [0.05, 0.1) is 0 Å². The molecule has 1 N–H and O–H groups in total. The summed E-state index contributed by atoms with van der Waals surface area (Å²) in [7, 11) is 0. The highest BCUT2D eigenvalue weighted by atomic mass is 32.1. The molecule has 0 bridgehead atoms. The Morgan fingerprint density at radius 1 is 1.15 bits per heavy atom. The Kier molecular flexibility index (Phi) is 6.22. The highest BCUT2D eigenvalue weighted by Crippen LogP contribution is 2.21. The fraction of sp³-hybridized carbons (Fsp3) is 0.471. The van der Waals surface area contributed by atoms with Gasteiger partial charge in [0.2, 0.25) is 0 Å². The van der Waals surface area contributed by atoms with Crippen molar-refractivity contribution in [2.24, 2.45) is 5.92 Å². The predicted octanol–water partition coefficient (Wildman–Crippen LogP) is 3.88. The minimum Gasteiger partial charge on any atom is -0.396 e. The molecule has 0 saturated heterocycles. The maximum atomic E-state index is 9.08. The zero-order valence-corrected chi connectivity index (χ0v) is 12.9. The highest BCUT2D eigenvalue weighted by molar-refractivity contribution is 7.11. The van der Waals surface area contributed by atoms with Gasteiger partial charge >= 0.3 is 0 Å². The van der Waals surface area contributed by atoms with E-state index in [1.54, 1.807) is 0 Å². The first-order chi connectivity index (χ1) is 9.78. The van der Waals surface area contributed by atoms with E-state index < -0.39 is 0 Å². The highest BCUT2D eigenvalue weighted by Gasteiger charge is 2.05. The number of hydrogen-bond donors (Lipinski definition) is 1. The van der Waals surface area contributed by atoms with Crippen molar-refractivity contribution in [1.29, 1.82) is 0 Å². The first kappa shape index (κ1) is 15.2. The third-order valence-corrected chi connectivity index (χ3v) is 4.61. The SMILES string of the molecule is C[C@H](CO)Cc1ccc(CCCCc2cccnc2)s1. The predicted molar refractivity (Wildman–Crippen MR) is 85.2 cm³/mol. The molecule has 0 radical (unpaired) electrons. The average molecular weight is 289 g/mol. The van der Waals surface area contributed by atoms with Crippen LogP contribution in [0.2, 0.25) is 0 Å². The third kappa shape index (κ3) is 5.06. The minimum atomic E-state index is 0.276. The van der Waals surface area contributed by atoms with Crippen molar-refractivity contribution in [3.05, 3.63) is 52.0 Å². The summed E-state index contributed by atoms with van der Waals surface area (Å²) in [6.07, 6.45) is 9.50. The summed E-state index contributed by atoms with van der Waals surface area (Å²) in [4.78, 5) is 7.01. The summed E-state index contributed by atoms with van der Waals surface area (Å²) in [5, 5.41) is 9.08. The second-order valence-corrected chi connectivity index (χ2v) is 6.68. The lowest BCUT2D eigenvalue weighted by Crippen LogP contribution is -2.02. The Morgan fingerprint density at radius 3 is 2.70 bits per heavy atom. The number of aliphatic hydroxyl groups is 1. The van der Waals surface area contributed by atoms with Crippen LogP contribution in [0.15, 0.2) is 36.7 Å². The molecule has 0 unspecified atom stereocenters. The fourth-order valence-electron chi connectivity index (χ4n) is 2.25. The van der Waals surface area contributed by atoms with Gasteiger partial charge in [0.1, 0.15) is 0 Å². The molecule has 2 rings (SSSR count). The molecule has 20 heavy (non-hydrogen) atoms. The minimum absolute atomic E-state index is 0.276. The van der Waals surface area contributed by atoms with Crippen molar-refractivity contribution < 1.29 is 5.11 Å². The Hall–Kier alpha value is -1.19. The van der Waals surface area contributed by atoms with E-state index in [2.05, 4.69) is 30.1 Å². The molecule has 2 heterocycles. The molecule has 0 saturated carbocycles. The van der Waals surface area contributed by atoms with Gasteiger partial charge in [-0.05, 0) is 61.8 Å². The van der Waals surface area contributed by atoms with Crippen molar-refractivity contribution >= 4 is 11.3 Å². The average Bonchev–Trinajstić information content (AvgIpc) is 2.92. The van der Waals surface area contributed by atoms with Crippen LogP contribution in [0.1, 0.15) is 35.1 Å². The lowest BCUT2D eigenvalue weighted by Gasteiger charge is -2.04. The normalized spacial score (nSPS) is 12.5. The molecule has 108 valence electrons. The molecule has 3 heteroatoms. The second kappa shape index (κ2) is 8.18. The molecule has 0 amide bonds. The van der Waals surface area contributed by atoms with Gasteiger partial charge in [-0.1, -0.05) is 13.0 Å². The van der Waals surface area contributed by atoms with Crippen LogP contribution in [0.5, 0.6) is 0 Å². The van der Waals surface area contributed by atoms with Crippen LogP contribution >= 0.6 is 11.3 Å². The van der Waals surface area contributed by atoms with Crippen LogP contribution in [0.4, 0.5) is 0 Å². The molecule has 2 aromatic heterocycles. The standard InChI is InChI=1S/C17H23NOS/c1-14(13-19)11-17-9-8-16(20-17)7-3-2-5-15-6-4-10-18-12-15/h4,6,8-10,12,14,19H,2-3,5,7,11,13H2,1H3/t14-/m0/s1. The summed E-state index contributed by atoms with van der Waals surface area (Å²) in [6, 6.07) is 8.61. The Morgan fingerprint density at radius 2 is 1.95 bits per heavy atom. The van der Waals surface area contributed by atoms with Crippen LogP contribution in [0, 0.1) is 5.92 Å². The zero-order chi connectivity index (χ0) is 14.2. The number of pyridine rings is 1. The van der Waals surface area contributed by atoms with Gasteiger partial charge in [0.15, 0.2) is 0 Å². The maximum Gasteiger partial charge on any atom is 0.0460 e. The first-order valence-corrected chi connectivity index (χ1v) is 8.17. The number of unbranched alkanes of at least 4 members (excludes halogenated alkanes) is 1. The van der Waals surface area contributed by atoms with E-state index in [1.165, 1.54) is 34.6 Å². The van der Waals surface area contributed by atoms with Crippen LogP contribution in [0.25, 0.3) is 0 Å². The van der Waals surface area contributed by atoms with Gasteiger partial charge in [0, 0.05) is 28.8 Å². The maximum absolute atomic E-state index is 9.08. The largest absolute Gasteiger partial charge is 0.396 e. The number of aromatic nitrogens is 1. The Labute approximate surface area is 125 Å². The van der Waals surface area contributed by atoms with Gasteiger partial charge in [0.25, 0.3) is 0 Å². The van der Waals surface area contributed by atoms with Crippen LogP contribution < -0.4 is 0 Å². The first-order valence-electron chi connectivity index (χ1n) is 7.35. The van der Waals surface area contributed by atoms with Crippen molar-refractivity contribution in [3.8, 4) is 0 Å². The molecule has 0 aliphatic carbocycles. The fourth-order valence-corrected chi connectivity index (χ4v) is 3.47. The van der Waals surface area contributed by atoms with E-state index in [0.29, 0.717) is 5.92 Å². The van der Waals surface area contributed by atoms with Gasteiger partial charge in [-0.15, -0.1) is 11.3 Å². The molecule has 0 fully saturated rings. The van der Waals surface area contributed by atoms with E-state index in [0.717, 1.165) is 12.8 Å². The number of thiophene rings is 1. The number of aliphatic hydroxyl groups excluding tert-OH is 1. The molecular formula is C17H23NOS. The summed E-state index contributed by atoms with van der Waals surface area (Å²) in [5.41, 5.74) is 1.33. The third-order valence-electron chi connectivity index (χ3n) is 3.44. The lowest BCUT2D eigenvalue weighted by molar-refractivity contribution is 0.237. The van der Waals surface area contributed by atoms with Crippen molar-refractivity contribution in [2.45, 2.75) is 39.0 Å². The topological polar surface area (TPSA) is 33.1 Å². The van der Waals surface area contributed by atoms with Crippen LogP contribution in [-0.4, -0.2) is 16.7 Å². The second-order valence-electron chi connectivity index (χ2n) is 5.43. The molecule has 0 aliphatic rings. The zero-order valence-electron chi connectivity index (χ0n) is 12.1. The molecule has 0 aromatic carbocycles. The Bertz CT molecular complexity index is 495. The summed E-state index contributed by atoms with van der Waals surface area (Å²) in [6.45, 7) is 2.37. The van der Waals surface area contributed by atoms with E-state index >= 15 is 0 Å². The van der Waals surface area contributed by atoms with Crippen molar-refractivity contribution in [3.63, 3.8) is 0 Å². The molecule has 1 atom stereocenters. The molecule has 2 nitrogen and oxygen atoms in total. The van der Waals surface area contributed by atoms with E-state index in [1.807, 2.05) is 29.8 Å². The summed E-state index contributed by atoms with van der Waals surface area (Å²) < 4.78 is 0. The molecule has 0 spiro atoms. The van der Waals surface area contributed by atoms with Gasteiger partial charge in [-0.2, -0.15) is 0 Å². The van der Waals surface area contributed by atoms with Crippen molar-refractivity contribution in [2.75, 3.05) is 6.61 Å². The monoisotopic (exact) mass is 289 g/mol. The smallest absolute Gasteiger partial charge is 0.0460 e. The molecule has 2 aromatic rings. The van der Waals surface area contributed by atoms with Crippen molar-refractivity contribution in [1.82, 2.24) is 4.98 Å². The number of hydrogen-bond acceptors (Lipinski definition) is 3. The molecular weight excluding hydrogens is 266 g/mol. The van der Waals surface area contributed by atoms with E-state index in [9.17, 15) is 0 Å². The van der Waals surface area contributed by atoms with Gasteiger partial charge < -0.3 is 5.11 Å². The molecule has 0 aliphatic heterocycles. The van der Waals surface area contributed by atoms with Crippen LogP contribution in [0.3, 0.4) is 0 Å². The van der Waals surface area contributed by atoms with Gasteiger partial charge in [-0.25, -0.2) is 0 Å². The van der Waals surface area contributed by atoms with E-state index in [-0.39, 0.29) is 6.61 Å². The lowest BCUT2D eigenvalue weighted by atomic mass is 10.1. The Balaban J connectivity index is 1.69. The number of aryl methyl sites for hydroxylation is 2. The number of nitrogens with zero attached hydrogens (tertiary/aromatic N) is 1. The van der Waals surface area contributed by atoms with Crippen LogP contribution in [-0.2, 0) is 19.3 Å². The van der Waals surface area contributed by atoms with Gasteiger partial charge in [-0.3, -0.25) is 4.98 Å². The summed E-state index contributed by atoms with van der Waals surface area (Å²) in [5.74, 6) is 0.368. The quantitative estimate of drug-likeness (QED) is 0.748.